The van der Waals surface area contributed by atoms with Gasteiger partial charge in [0.2, 0.25) is 0 Å². The van der Waals surface area contributed by atoms with Crippen molar-refractivity contribution in [2.75, 3.05) is 27.2 Å². The van der Waals surface area contributed by atoms with E-state index in [1.165, 1.54) is 13.0 Å². The van der Waals surface area contributed by atoms with Crippen molar-refractivity contribution in [3.8, 4) is 0 Å². The average Bonchev–Trinajstić information content (AvgIpc) is 2.34. The van der Waals surface area contributed by atoms with Crippen molar-refractivity contribution in [3.63, 3.8) is 0 Å². The molecule has 0 radical (unpaired) electrons. The lowest BCUT2D eigenvalue weighted by molar-refractivity contribution is 0.383. The highest BCUT2D eigenvalue weighted by atomic mass is 15.1. The summed E-state index contributed by atoms with van der Waals surface area (Å²) in [6.45, 7) is 2.22. The van der Waals surface area contributed by atoms with Crippen LogP contribution in [-0.2, 0) is 0 Å². The third-order valence-electron chi connectivity index (χ3n) is 1.75. The van der Waals surface area contributed by atoms with Crippen LogP contribution in [0.5, 0.6) is 0 Å². The second kappa shape index (κ2) is 3.74. The standard InChI is InChI=1S/C8H16N2/c1-10(2)7-5-8-4-3-6-9-8/h3-4,8-9H,5-7H2,1-2H3. The van der Waals surface area contributed by atoms with Crippen LogP contribution in [-0.4, -0.2) is 38.1 Å². The molecule has 0 amide bonds. The molecule has 1 aliphatic rings. The number of rotatable bonds is 3. The Labute approximate surface area is 62.9 Å². The maximum Gasteiger partial charge on any atom is 0.0265 e. The molecule has 0 aromatic carbocycles. The van der Waals surface area contributed by atoms with Crippen LogP contribution >= 0.6 is 0 Å². The molecule has 1 aliphatic heterocycles. The van der Waals surface area contributed by atoms with Crippen LogP contribution in [0.3, 0.4) is 0 Å². The Morgan fingerprint density at radius 1 is 1.60 bits per heavy atom. The van der Waals surface area contributed by atoms with Crippen LogP contribution in [0.25, 0.3) is 0 Å². The normalized spacial score (nSPS) is 24.5. The van der Waals surface area contributed by atoms with Crippen LogP contribution in [0.1, 0.15) is 6.42 Å². The molecular weight excluding hydrogens is 124 g/mol. The first-order chi connectivity index (χ1) is 4.79. The molecule has 1 N–H and O–H groups in total. The number of nitrogens with zero attached hydrogens (tertiary/aromatic N) is 1. The van der Waals surface area contributed by atoms with Crippen LogP contribution < -0.4 is 5.32 Å². The Bertz CT molecular complexity index is 118. The van der Waals surface area contributed by atoms with E-state index in [4.69, 9.17) is 0 Å². The number of hydrogen-bond donors (Lipinski definition) is 1. The van der Waals surface area contributed by atoms with Gasteiger partial charge in [-0.05, 0) is 27.1 Å². The van der Waals surface area contributed by atoms with Gasteiger partial charge >= 0.3 is 0 Å². The highest BCUT2D eigenvalue weighted by Gasteiger charge is 2.06. The maximum absolute atomic E-state index is 3.37. The van der Waals surface area contributed by atoms with Gasteiger partial charge in [0.15, 0.2) is 0 Å². The predicted molar refractivity (Wildman–Crippen MR) is 44.1 cm³/mol. The minimum atomic E-state index is 0.627. The molecule has 1 heterocycles. The first-order valence-electron chi connectivity index (χ1n) is 3.84. The van der Waals surface area contributed by atoms with E-state index in [1.54, 1.807) is 0 Å². The molecule has 1 atom stereocenters. The maximum atomic E-state index is 3.37. The fourth-order valence-electron chi connectivity index (χ4n) is 1.12. The van der Waals surface area contributed by atoms with Crippen molar-refractivity contribution < 1.29 is 0 Å². The average molecular weight is 140 g/mol. The third kappa shape index (κ3) is 2.50. The molecule has 0 fully saturated rings. The summed E-state index contributed by atoms with van der Waals surface area (Å²) in [5.74, 6) is 0. The Kier molecular flexibility index (Phi) is 2.90. The molecule has 10 heavy (non-hydrogen) atoms. The van der Waals surface area contributed by atoms with Crippen LogP contribution in [0, 0.1) is 0 Å². The van der Waals surface area contributed by atoms with Crippen molar-refractivity contribution in [1.29, 1.82) is 0 Å². The molecule has 0 bridgehead atoms. The van der Waals surface area contributed by atoms with Gasteiger partial charge in [-0.25, -0.2) is 0 Å². The van der Waals surface area contributed by atoms with Gasteiger partial charge in [-0.15, -0.1) is 0 Å². The highest BCUT2D eigenvalue weighted by molar-refractivity contribution is 5.01. The fourth-order valence-corrected chi connectivity index (χ4v) is 1.12. The van der Waals surface area contributed by atoms with Crippen molar-refractivity contribution >= 4 is 0 Å². The van der Waals surface area contributed by atoms with Gasteiger partial charge in [0.25, 0.3) is 0 Å². The lowest BCUT2D eigenvalue weighted by Gasteiger charge is -2.12. The van der Waals surface area contributed by atoms with Gasteiger partial charge in [-0.1, -0.05) is 12.2 Å². The van der Waals surface area contributed by atoms with Crippen LogP contribution in [0.2, 0.25) is 0 Å². The van der Waals surface area contributed by atoms with Gasteiger partial charge in [0.1, 0.15) is 0 Å². The molecule has 0 saturated heterocycles. The van der Waals surface area contributed by atoms with Crippen molar-refractivity contribution in [2.45, 2.75) is 12.5 Å². The second-order valence-corrected chi connectivity index (χ2v) is 3.03. The molecular formula is C8H16N2. The number of nitrogens with one attached hydrogen (secondary N) is 1. The lowest BCUT2D eigenvalue weighted by Crippen LogP contribution is -2.26. The molecule has 0 aromatic rings. The fraction of sp³-hybridized carbons (Fsp3) is 0.750. The Morgan fingerprint density at radius 3 is 2.90 bits per heavy atom. The summed E-state index contributed by atoms with van der Waals surface area (Å²) in [4.78, 5) is 2.22. The Balaban J connectivity index is 2.08. The molecule has 2 heteroatoms. The highest BCUT2D eigenvalue weighted by Crippen LogP contribution is 1.99. The van der Waals surface area contributed by atoms with Gasteiger partial charge < -0.3 is 10.2 Å². The quantitative estimate of drug-likeness (QED) is 0.573. The van der Waals surface area contributed by atoms with E-state index in [-0.39, 0.29) is 0 Å². The monoisotopic (exact) mass is 140 g/mol. The largest absolute Gasteiger partial charge is 0.309 e. The zero-order valence-corrected chi connectivity index (χ0v) is 6.80. The predicted octanol–water partition coefficient (Wildman–Crippen LogP) is 0.466. The summed E-state index contributed by atoms with van der Waals surface area (Å²) in [5.41, 5.74) is 0. The van der Waals surface area contributed by atoms with E-state index in [1.807, 2.05) is 0 Å². The van der Waals surface area contributed by atoms with Gasteiger partial charge in [0.05, 0.1) is 0 Å². The van der Waals surface area contributed by atoms with E-state index >= 15 is 0 Å². The molecule has 0 saturated carbocycles. The smallest absolute Gasteiger partial charge is 0.0265 e. The Hall–Kier alpha value is -0.340. The molecule has 58 valence electrons. The zero-order chi connectivity index (χ0) is 7.40. The Morgan fingerprint density at radius 2 is 2.40 bits per heavy atom. The first kappa shape index (κ1) is 7.76. The summed E-state index contributed by atoms with van der Waals surface area (Å²) < 4.78 is 0. The van der Waals surface area contributed by atoms with Crippen molar-refractivity contribution in [2.24, 2.45) is 0 Å². The molecule has 1 unspecified atom stereocenters. The van der Waals surface area contributed by atoms with E-state index < -0.39 is 0 Å². The SMILES string of the molecule is CN(C)CCC1C=CCN1. The van der Waals surface area contributed by atoms with Gasteiger partial charge in [0, 0.05) is 12.6 Å². The molecule has 0 spiro atoms. The molecule has 0 aliphatic carbocycles. The second-order valence-electron chi connectivity index (χ2n) is 3.03. The summed E-state index contributed by atoms with van der Waals surface area (Å²) >= 11 is 0. The summed E-state index contributed by atoms with van der Waals surface area (Å²) in [6.07, 6.45) is 5.67. The van der Waals surface area contributed by atoms with Gasteiger partial charge in [-0.2, -0.15) is 0 Å². The molecule has 1 rings (SSSR count). The van der Waals surface area contributed by atoms with Crippen LogP contribution in [0.15, 0.2) is 12.2 Å². The summed E-state index contributed by atoms with van der Waals surface area (Å²) in [5, 5.41) is 3.37. The lowest BCUT2D eigenvalue weighted by atomic mass is 10.2. The minimum Gasteiger partial charge on any atom is -0.309 e. The van der Waals surface area contributed by atoms with E-state index in [0.717, 1.165) is 6.54 Å². The first-order valence-corrected chi connectivity index (χ1v) is 3.84. The van der Waals surface area contributed by atoms with Crippen molar-refractivity contribution in [1.82, 2.24) is 10.2 Å². The van der Waals surface area contributed by atoms with Gasteiger partial charge in [-0.3, -0.25) is 0 Å². The minimum absolute atomic E-state index is 0.627. The topological polar surface area (TPSA) is 15.3 Å². The third-order valence-corrected chi connectivity index (χ3v) is 1.75. The number of hydrogen-bond acceptors (Lipinski definition) is 2. The molecule has 0 aromatic heterocycles. The van der Waals surface area contributed by atoms with E-state index in [2.05, 4.69) is 36.5 Å². The van der Waals surface area contributed by atoms with E-state index in [9.17, 15) is 0 Å². The van der Waals surface area contributed by atoms with Crippen molar-refractivity contribution in [3.05, 3.63) is 12.2 Å². The van der Waals surface area contributed by atoms with E-state index in [0.29, 0.717) is 6.04 Å². The summed E-state index contributed by atoms with van der Waals surface area (Å²) in [7, 11) is 4.22. The molecule has 2 nitrogen and oxygen atoms in total. The van der Waals surface area contributed by atoms with Crippen LogP contribution in [0.4, 0.5) is 0 Å². The zero-order valence-electron chi connectivity index (χ0n) is 6.80. The summed E-state index contributed by atoms with van der Waals surface area (Å²) in [6, 6.07) is 0.627.